The maximum absolute atomic E-state index is 13.7. The van der Waals surface area contributed by atoms with Crippen molar-refractivity contribution in [2.24, 2.45) is 0 Å². The van der Waals surface area contributed by atoms with Gasteiger partial charge in [0.15, 0.2) is 5.65 Å². The lowest BCUT2D eigenvalue weighted by molar-refractivity contribution is 0.0666. The Morgan fingerprint density at radius 1 is 1.00 bits per heavy atom. The van der Waals surface area contributed by atoms with E-state index < -0.39 is 0 Å². The molecule has 1 aliphatic rings. The third kappa shape index (κ3) is 3.99. The van der Waals surface area contributed by atoms with E-state index >= 15 is 0 Å². The van der Waals surface area contributed by atoms with Gasteiger partial charge in [-0.25, -0.2) is 14.1 Å². The van der Waals surface area contributed by atoms with Gasteiger partial charge in [0.25, 0.3) is 5.91 Å². The van der Waals surface area contributed by atoms with Crippen LogP contribution < -0.4 is 0 Å². The second-order valence-electron chi connectivity index (χ2n) is 8.19. The van der Waals surface area contributed by atoms with Crippen LogP contribution in [0.3, 0.4) is 0 Å². The number of aromatic nitrogens is 3. The first-order valence-corrected chi connectivity index (χ1v) is 10.7. The number of carbonyl (C=O) groups excluding carboxylic acids is 1. The van der Waals surface area contributed by atoms with Crippen molar-refractivity contribution in [3.05, 3.63) is 83.8 Å². The number of hydrogen-bond acceptors (Lipinski definition) is 4. The molecule has 0 aliphatic carbocycles. The van der Waals surface area contributed by atoms with Crippen molar-refractivity contribution in [1.82, 2.24) is 24.6 Å². The van der Waals surface area contributed by atoms with Crippen LogP contribution in [0.5, 0.6) is 0 Å². The van der Waals surface area contributed by atoms with E-state index in [1.807, 2.05) is 47.4 Å². The average Bonchev–Trinajstić information content (AvgIpc) is 3.22. The van der Waals surface area contributed by atoms with E-state index in [1.54, 1.807) is 16.9 Å². The molecule has 5 rings (SSSR count). The van der Waals surface area contributed by atoms with Crippen LogP contribution in [0.4, 0.5) is 4.39 Å². The van der Waals surface area contributed by atoms with Crippen molar-refractivity contribution >= 4 is 16.9 Å². The van der Waals surface area contributed by atoms with Crippen molar-refractivity contribution in [3.8, 4) is 11.3 Å². The summed E-state index contributed by atoms with van der Waals surface area (Å²) in [7, 11) is 2.07. The average molecular weight is 429 g/mol. The number of fused-ring (bicyclic) bond motifs is 1. The molecule has 32 heavy (non-hydrogen) atoms. The first-order valence-electron chi connectivity index (χ1n) is 10.7. The maximum Gasteiger partial charge on any atom is 0.254 e. The van der Waals surface area contributed by atoms with E-state index in [9.17, 15) is 9.18 Å². The summed E-state index contributed by atoms with van der Waals surface area (Å²) >= 11 is 0. The van der Waals surface area contributed by atoms with Crippen LogP contribution in [-0.2, 0) is 6.54 Å². The first kappa shape index (κ1) is 20.3. The molecule has 1 amide bonds. The number of carbonyl (C=O) groups is 1. The van der Waals surface area contributed by atoms with Crippen LogP contribution in [0.2, 0.25) is 0 Å². The largest absolute Gasteiger partial charge is 0.336 e. The number of halogens is 1. The second-order valence-corrected chi connectivity index (χ2v) is 8.19. The van der Waals surface area contributed by atoms with Gasteiger partial charge in [-0.1, -0.05) is 42.5 Å². The predicted octanol–water partition coefficient (Wildman–Crippen LogP) is 3.67. The molecular formula is C25H24FN5O. The van der Waals surface area contributed by atoms with Gasteiger partial charge in [0, 0.05) is 31.7 Å². The molecule has 0 atom stereocenters. The predicted molar refractivity (Wildman–Crippen MR) is 122 cm³/mol. The Kier molecular flexibility index (Phi) is 5.41. The fourth-order valence-corrected chi connectivity index (χ4v) is 4.09. The molecular weight excluding hydrogens is 405 g/mol. The smallest absolute Gasteiger partial charge is 0.254 e. The van der Waals surface area contributed by atoms with Crippen LogP contribution in [0.1, 0.15) is 15.9 Å². The van der Waals surface area contributed by atoms with E-state index in [4.69, 9.17) is 4.98 Å². The number of piperazine rings is 1. The standard InChI is InChI=1S/C25H24FN5O/c1-29-10-12-30(13-11-29)25(32)21-15-23(19-7-3-2-4-8-19)28-24-22(21)16-27-31(24)17-18-6-5-9-20(26)14-18/h2-9,14-16H,10-13,17H2,1H3. The molecule has 1 aliphatic heterocycles. The van der Waals surface area contributed by atoms with Crippen LogP contribution in [0, 0.1) is 5.82 Å². The topological polar surface area (TPSA) is 54.3 Å². The Morgan fingerprint density at radius 3 is 2.53 bits per heavy atom. The molecule has 0 spiro atoms. The Labute approximate surface area is 185 Å². The number of benzene rings is 2. The second kappa shape index (κ2) is 8.51. The lowest BCUT2D eigenvalue weighted by atomic mass is 10.1. The zero-order valence-electron chi connectivity index (χ0n) is 17.9. The molecule has 6 nitrogen and oxygen atoms in total. The van der Waals surface area contributed by atoms with Gasteiger partial charge >= 0.3 is 0 Å². The Balaban J connectivity index is 1.60. The highest BCUT2D eigenvalue weighted by atomic mass is 19.1. The number of nitrogens with zero attached hydrogens (tertiary/aromatic N) is 5. The summed E-state index contributed by atoms with van der Waals surface area (Å²) in [5.41, 5.74) is 3.66. The molecule has 0 unspecified atom stereocenters. The Bertz CT molecular complexity index is 1260. The summed E-state index contributed by atoms with van der Waals surface area (Å²) in [4.78, 5) is 22.5. The molecule has 3 heterocycles. The van der Waals surface area contributed by atoms with E-state index in [0.29, 0.717) is 36.2 Å². The van der Waals surface area contributed by atoms with Crippen molar-refractivity contribution in [1.29, 1.82) is 0 Å². The van der Waals surface area contributed by atoms with Crippen molar-refractivity contribution < 1.29 is 9.18 Å². The fraction of sp³-hybridized carbons (Fsp3) is 0.240. The van der Waals surface area contributed by atoms with Gasteiger partial charge in [-0.05, 0) is 30.8 Å². The van der Waals surface area contributed by atoms with Gasteiger partial charge in [0.05, 0.1) is 29.4 Å². The number of rotatable bonds is 4. The molecule has 2 aromatic heterocycles. The van der Waals surface area contributed by atoms with Crippen LogP contribution in [0.15, 0.2) is 66.9 Å². The molecule has 0 saturated carbocycles. The van der Waals surface area contributed by atoms with Crippen molar-refractivity contribution in [2.45, 2.75) is 6.54 Å². The molecule has 0 bridgehead atoms. The van der Waals surface area contributed by atoms with Gasteiger partial charge in [-0.2, -0.15) is 5.10 Å². The zero-order valence-corrected chi connectivity index (χ0v) is 17.9. The number of amides is 1. The molecule has 7 heteroatoms. The monoisotopic (exact) mass is 429 g/mol. The van der Waals surface area contributed by atoms with Gasteiger partial charge < -0.3 is 9.80 Å². The van der Waals surface area contributed by atoms with Crippen molar-refractivity contribution in [2.75, 3.05) is 33.2 Å². The van der Waals surface area contributed by atoms with Gasteiger partial charge in [0.1, 0.15) is 5.82 Å². The first-order chi connectivity index (χ1) is 15.6. The van der Waals surface area contributed by atoms with Crippen molar-refractivity contribution in [3.63, 3.8) is 0 Å². The summed E-state index contributed by atoms with van der Waals surface area (Å²) in [6, 6.07) is 18.1. The summed E-state index contributed by atoms with van der Waals surface area (Å²) in [6.07, 6.45) is 1.69. The van der Waals surface area contributed by atoms with Crippen LogP contribution in [0.25, 0.3) is 22.3 Å². The van der Waals surface area contributed by atoms with E-state index in [2.05, 4.69) is 17.0 Å². The minimum absolute atomic E-state index is 0.00649. The highest BCUT2D eigenvalue weighted by molar-refractivity contribution is 6.06. The third-order valence-electron chi connectivity index (χ3n) is 5.92. The lowest BCUT2D eigenvalue weighted by Gasteiger charge is -2.32. The summed E-state index contributed by atoms with van der Waals surface area (Å²) in [5, 5.41) is 5.22. The highest BCUT2D eigenvalue weighted by Gasteiger charge is 2.24. The van der Waals surface area contributed by atoms with E-state index in [-0.39, 0.29) is 11.7 Å². The number of pyridine rings is 1. The highest BCUT2D eigenvalue weighted by Crippen LogP contribution is 2.26. The van der Waals surface area contributed by atoms with Crippen LogP contribution in [-0.4, -0.2) is 63.7 Å². The minimum Gasteiger partial charge on any atom is -0.336 e. The van der Waals surface area contributed by atoms with E-state index in [1.165, 1.54) is 12.1 Å². The Morgan fingerprint density at radius 2 is 1.78 bits per heavy atom. The van der Waals surface area contributed by atoms with E-state index in [0.717, 1.165) is 29.9 Å². The molecule has 0 N–H and O–H groups in total. The molecule has 4 aromatic rings. The maximum atomic E-state index is 13.7. The quantitative estimate of drug-likeness (QED) is 0.497. The molecule has 162 valence electrons. The Hall–Kier alpha value is -3.58. The summed E-state index contributed by atoms with van der Waals surface area (Å²) < 4.78 is 15.4. The minimum atomic E-state index is -0.289. The number of likely N-dealkylation sites (N-methyl/N-ethyl adjacent to an activating group) is 1. The normalized spacial score (nSPS) is 14.8. The van der Waals surface area contributed by atoms with Crippen LogP contribution >= 0.6 is 0 Å². The molecule has 2 aromatic carbocycles. The number of hydrogen-bond donors (Lipinski definition) is 0. The lowest BCUT2D eigenvalue weighted by Crippen LogP contribution is -2.47. The summed E-state index contributed by atoms with van der Waals surface area (Å²) in [6.45, 7) is 3.46. The van der Waals surface area contributed by atoms with Gasteiger partial charge in [-0.15, -0.1) is 0 Å². The molecule has 0 radical (unpaired) electrons. The summed E-state index contributed by atoms with van der Waals surface area (Å²) in [5.74, 6) is -0.296. The molecule has 1 saturated heterocycles. The SMILES string of the molecule is CN1CCN(C(=O)c2cc(-c3ccccc3)nc3c2cnn3Cc2cccc(F)c2)CC1. The van der Waals surface area contributed by atoms with Gasteiger partial charge in [-0.3, -0.25) is 4.79 Å². The fourth-order valence-electron chi connectivity index (χ4n) is 4.09. The van der Waals surface area contributed by atoms with Gasteiger partial charge in [0.2, 0.25) is 0 Å². The molecule has 1 fully saturated rings. The third-order valence-corrected chi connectivity index (χ3v) is 5.92. The zero-order chi connectivity index (χ0) is 22.1.